The molecule has 0 amide bonds. The molecule has 0 heteroatoms. The van der Waals surface area contributed by atoms with Crippen molar-refractivity contribution in [3.8, 4) is 0 Å². The Morgan fingerprint density at radius 2 is 1.50 bits per heavy atom. The molecule has 34 heavy (non-hydrogen) atoms. The van der Waals surface area contributed by atoms with Crippen LogP contribution in [0.15, 0.2) is 109 Å². The van der Waals surface area contributed by atoms with Crippen LogP contribution in [-0.2, 0) is 5.41 Å². The Bertz CT molecular complexity index is 1720. The molecule has 0 aliphatic heterocycles. The van der Waals surface area contributed by atoms with E-state index in [9.17, 15) is 0 Å². The van der Waals surface area contributed by atoms with Gasteiger partial charge in [-0.1, -0.05) is 97.1 Å². The number of fused-ring (bicyclic) bond motifs is 8. The van der Waals surface area contributed by atoms with Gasteiger partial charge in [0.2, 0.25) is 0 Å². The largest absolute Gasteiger partial charge is 0.0942 e. The average molecular weight is 435 g/mol. The summed E-state index contributed by atoms with van der Waals surface area (Å²) >= 11 is 0. The Kier molecular flexibility index (Phi) is 4.05. The number of hydrogen-bond acceptors (Lipinski definition) is 0. The third kappa shape index (κ3) is 2.54. The minimum absolute atomic E-state index is 0.356. The van der Waals surface area contributed by atoms with Gasteiger partial charge in [-0.2, -0.15) is 0 Å². The number of benzene rings is 4. The van der Waals surface area contributed by atoms with Crippen LogP contribution in [0.4, 0.5) is 0 Å². The topological polar surface area (TPSA) is 0 Å². The predicted molar refractivity (Wildman–Crippen MR) is 144 cm³/mol. The summed E-state index contributed by atoms with van der Waals surface area (Å²) < 4.78 is 0. The predicted octanol–water partition coefficient (Wildman–Crippen LogP) is 6.73. The van der Waals surface area contributed by atoms with E-state index in [1.807, 2.05) is 0 Å². The first kappa shape index (κ1) is 19.6. The van der Waals surface area contributed by atoms with Crippen LogP contribution in [0.2, 0.25) is 0 Å². The molecule has 1 spiro atoms. The minimum atomic E-state index is -0.356. The third-order valence-corrected chi connectivity index (χ3v) is 7.93. The van der Waals surface area contributed by atoms with Crippen LogP contribution >= 0.6 is 0 Å². The number of allylic oxidation sites excluding steroid dienone is 5. The molecule has 3 aliphatic carbocycles. The van der Waals surface area contributed by atoms with Crippen molar-refractivity contribution in [2.24, 2.45) is 0 Å². The molecule has 1 atom stereocenters. The van der Waals surface area contributed by atoms with Crippen LogP contribution < -0.4 is 10.4 Å². The Labute approximate surface area is 200 Å². The van der Waals surface area contributed by atoms with E-state index in [-0.39, 0.29) is 5.41 Å². The summed E-state index contributed by atoms with van der Waals surface area (Å²) in [4.78, 5) is 0. The summed E-state index contributed by atoms with van der Waals surface area (Å²) in [7, 11) is 0. The van der Waals surface area contributed by atoms with Crippen LogP contribution in [0, 0.1) is 6.92 Å². The molecule has 3 aliphatic rings. The van der Waals surface area contributed by atoms with Gasteiger partial charge < -0.3 is 0 Å². The fourth-order valence-corrected chi connectivity index (χ4v) is 6.46. The second-order valence-corrected chi connectivity index (χ2v) is 9.86. The highest BCUT2D eigenvalue weighted by molar-refractivity contribution is 5.95. The normalized spacial score (nSPS) is 22.1. The maximum absolute atomic E-state index is 4.82. The van der Waals surface area contributed by atoms with Gasteiger partial charge in [0.15, 0.2) is 0 Å². The fourth-order valence-electron chi connectivity index (χ4n) is 6.46. The molecule has 0 N–H and O–H groups in total. The summed E-state index contributed by atoms with van der Waals surface area (Å²) in [5.41, 5.74) is 10.4. The van der Waals surface area contributed by atoms with Crippen LogP contribution in [0.1, 0.15) is 40.7 Å². The van der Waals surface area contributed by atoms with E-state index in [2.05, 4.69) is 110 Å². The Morgan fingerprint density at radius 3 is 2.32 bits per heavy atom. The standard InChI is InChI=1S/C34H26/c1-22-15-16-30-29-13-7-8-14-31(29)34(33(30)17-22)23(2)18-24-9-3-4-10-25(24)19-28-20-26-11-5-6-12-27(26)21-32(28)34/h3-7,9-13,15-21H,2,8,14H2,1H3/b24-18-,25-19-. The molecule has 4 aromatic rings. The highest BCUT2D eigenvalue weighted by Crippen LogP contribution is 2.58. The maximum Gasteiger partial charge on any atom is 0.0677 e. The van der Waals surface area contributed by atoms with E-state index < -0.39 is 0 Å². The van der Waals surface area contributed by atoms with Gasteiger partial charge in [-0.25, -0.2) is 0 Å². The molecule has 0 nitrogen and oxygen atoms in total. The van der Waals surface area contributed by atoms with Gasteiger partial charge in [-0.3, -0.25) is 0 Å². The van der Waals surface area contributed by atoms with Gasteiger partial charge in [0.25, 0.3) is 0 Å². The first-order valence-electron chi connectivity index (χ1n) is 12.2. The molecule has 0 fully saturated rings. The van der Waals surface area contributed by atoms with Gasteiger partial charge in [0, 0.05) is 0 Å². The van der Waals surface area contributed by atoms with E-state index in [4.69, 9.17) is 6.58 Å². The molecule has 1 unspecified atom stereocenters. The molecule has 162 valence electrons. The zero-order chi connectivity index (χ0) is 22.9. The molecule has 4 aromatic carbocycles. The number of hydrogen-bond donors (Lipinski definition) is 0. The van der Waals surface area contributed by atoms with Gasteiger partial charge in [0.1, 0.15) is 0 Å². The lowest BCUT2D eigenvalue weighted by molar-refractivity contribution is 0.702. The molecule has 0 bridgehead atoms. The highest BCUT2D eigenvalue weighted by Gasteiger charge is 2.48. The van der Waals surface area contributed by atoms with Gasteiger partial charge in [-0.15, -0.1) is 0 Å². The molecule has 0 saturated heterocycles. The monoisotopic (exact) mass is 434 g/mol. The fraction of sp³-hybridized carbons (Fsp3) is 0.118. The van der Waals surface area contributed by atoms with Gasteiger partial charge in [0.05, 0.1) is 5.41 Å². The van der Waals surface area contributed by atoms with Crippen LogP contribution in [0.3, 0.4) is 0 Å². The summed E-state index contributed by atoms with van der Waals surface area (Å²) in [5.74, 6) is 0. The quantitative estimate of drug-likeness (QED) is 0.288. The van der Waals surface area contributed by atoms with Crippen molar-refractivity contribution < 1.29 is 0 Å². The zero-order valence-corrected chi connectivity index (χ0v) is 19.4. The summed E-state index contributed by atoms with van der Waals surface area (Å²) in [5, 5.41) is 5.04. The molecular formula is C34H26. The zero-order valence-electron chi connectivity index (χ0n) is 19.4. The maximum atomic E-state index is 4.82. The lowest BCUT2D eigenvalue weighted by Crippen LogP contribution is -2.35. The van der Waals surface area contributed by atoms with E-state index in [1.165, 1.54) is 60.2 Å². The first-order chi connectivity index (χ1) is 16.7. The first-order valence-corrected chi connectivity index (χ1v) is 12.2. The second kappa shape index (κ2) is 7.05. The summed E-state index contributed by atoms with van der Waals surface area (Å²) in [6.45, 7) is 7.03. The third-order valence-electron chi connectivity index (χ3n) is 7.93. The second-order valence-electron chi connectivity index (χ2n) is 9.86. The van der Waals surface area contributed by atoms with Gasteiger partial charge in [-0.05, 0) is 98.2 Å². The molecular weight excluding hydrogens is 408 g/mol. The lowest BCUT2D eigenvalue weighted by atomic mass is 9.63. The van der Waals surface area contributed by atoms with Crippen molar-refractivity contribution in [3.05, 3.63) is 147 Å². The molecule has 0 radical (unpaired) electrons. The molecule has 0 saturated carbocycles. The van der Waals surface area contributed by atoms with E-state index in [0.29, 0.717) is 0 Å². The van der Waals surface area contributed by atoms with Crippen molar-refractivity contribution in [3.63, 3.8) is 0 Å². The van der Waals surface area contributed by atoms with Gasteiger partial charge >= 0.3 is 0 Å². The average Bonchev–Trinajstić information content (AvgIpc) is 3.14. The van der Waals surface area contributed by atoms with Crippen LogP contribution in [0.25, 0.3) is 28.5 Å². The van der Waals surface area contributed by atoms with Crippen molar-refractivity contribution in [2.75, 3.05) is 0 Å². The van der Waals surface area contributed by atoms with E-state index in [1.54, 1.807) is 0 Å². The minimum Gasteiger partial charge on any atom is -0.0942 e. The summed E-state index contributed by atoms with van der Waals surface area (Å²) in [6.07, 6.45) is 11.5. The number of rotatable bonds is 0. The molecule has 0 aromatic heterocycles. The van der Waals surface area contributed by atoms with Crippen LogP contribution in [0.5, 0.6) is 0 Å². The molecule has 7 rings (SSSR count). The number of aryl methyl sites for hydroxylation is 1. The Morgan fingerprint density at radius 1 is 0.765 bits per heavy atom. The Hall–Kier alpha value is -3.90. The van der Waals surface area contributed by atoms with Crippen molar-refractivity contribution in [1.29, 1.82) is 0 Å². The highest BCUT2D eigenvalue weighted by atomic mass is 14.5. The van der Waals surface area contributed by atoms with Crippen molar-refractivity contribution >= 4 is 28.5 Å². The SMILES string of the molecule is C=C1/C=c2/cccc/c2=C/c2cc3ccccc3cc2C12C1=C(C=CCC1)c1ccc(C)cc12. The summed E-state index contributed by atoms with van der Waals surface area (Å²) in [6, 6.07) is 29.3. The van der Waals surface area contributed by atoms with E-state index >= 15 is 0 Å². The lowest BCUT2D eigenvalue weighted by Gasteiger charge is -2.38. The Balaban J connectivity index is 1.72. The smallest absolute Gasteiger partial charge is 0.0677 e. The van der Waals surface area contributed by atoms with E-state index in [0.717, 1.165) is 18.4 Å². The molecule has 0 heterocycles. The van der Waals surface area contributed by atoms with Crippen molar-refractivity contribution in [2.45, 2.75) is 25.2 Å². The van der Waals surface area contributed by atoms with Crippen LogP contribution in [-0.4, -0.2) is 0 Å². The van der Waals surface area contributed by atoms with Crippen molar-refractivity contribution in [1.82, 2.24) is 0 Å².